The third-order valence-corrected chi connectivity index (χ3v) is 4.00. The fourth-order valence-corrected chi connectivity index (χ4v) is 2.61. The van der Waals surface area contributed by atoms with Gasteiger partial charge in [0, 0.05) is 16.5 Å². The largest absolute Gasteiger partial charge is 0.450 e. The minimum atomic E-state index is -4.88. The molecule has 5 heteroatoms. The van der Waals surface area contributed by atoms with Crippen molar-refractivity contribution < 1.29 is 18.0 Å². The van der Waals surface area contributed by atoms with Gasteiger partial charge in [0.1, 0.15) is 0 Å². The van der Waals surface area contributed by atoms with E-state index in [1.165, 1.54) is 0 Å². The SMILES string of the molecule is O=C(CC(C#CC#Cc1ccccc1)c1ccccc1Br)C(F)(F)F. The van der Waals surface area contributed by atoms with Gasteiger partial charge in [-0.3, -0.25) is 4.79 Å². The predicted octanol–water partition coefficient (Wildman–Crippen LogP) is 5.11. The van der Waals surface area contributed by atoms with E-state index in [2.05, 4.69) is 39.6 Å². The van der Waals surface area contributed by atoms with E-state index in [0.717, 1.165) is 5.56 Å². The van der Waals surface area contributed by atoms with Crippen LogP contribution in [0.2, 0.25) is 0 Å². The number of ketones is 1. The highest BCUT2D eigenvalue weighted by Gasteiger charge is 2.39. The number of halogens is 4. The van der Waals surface area contributed by atoms with E-state index in [1.54, 1.807) is 36.4 Å². The van der Waals surface area contributed by atoms with Crippen molar-refractivity contribution in [3.8, 4) is 23.7 Å². The fourth-order valence-electron chi connectivity index (χ4n) is 2.05. The van der Waals surface area contributed by atoms with Crippen molar-refractivity contribution in [1.29, 1.82) is 0 Å². The minimum absolute atomic E-state index is 0.522. The molecule has 0 amide bonds. The monoisotopic (exact) mass is 404 g/mol. The zero-order chi connectivity index (χ0) is 18.3. The Kier molecular flexibility index (Phi) is 6.44. The highest BCUT2D eigenvalue weighted by atomic mass is 79.9. The van der Waals surface area contributed by atoms with Crippen LogP contribution in [-0.2, 0) is 4.79 Å². The lowest BCUT2D eigenvalue weighted by Crippen LogP contribution is -2.24. The molecule has 1 nitrogen and oxygen atoms in total. The first-order valence-electron chi connectivity index (χ1n) is 7.29. The van der Waals surface area contributed by atoms with E-state index in [1.807, 2.05) is 18.2 Å². The quantitative estimate of drug-likeness (QED) is 0.649. The molecule has 2 aromatic rings. The summed E-state index contributed by atoms with van der Waals surface area (Å²) >= 11 is 3.29. The first-order valence-corrected chi connectivity index (χ1v) is 8.08. The number of rotatable bonds is 3. The molecule has 1 atom stereocenters. The number of carbonyl (C=O) groups excluding carboxylic acids is 1. The van der Waals surface area contributed by atoms with Crippen LogP contribution in [0.1, 0.15) is 23.5 Å². The van der Waals surface area contributed by atoms with Gasteiger partial charge in [-0.1, -0.05) is 64.2 Å². The Labute approximate surface area is 152 Å². The summed E-state index contributed by atoms with van der Waals surface area (Å²) in [6, 6.07) is 15.8. The first kappa shape index (κ1) is 18.8. The Morgan fingerprint density at radius 1 is 1.00 bits per heavy atom. The van der Waals surface area contributed by atoms with Gasteiger partial charge >= 0.3 is 6.18 Å². The molecule has 0 N–H and O–H groups in total. The Hall–Kier alpha value is -2.50. The third kappa shape index (κ3) is 5.81. The molecule has 0 aliphatic rings. The van der Waals surface area contributed by atoms with E-state index < -0.39 is 24.3 Å². The van der Waals surface area contributed by atoms with E-state index in [-0.39, 0.29) is 0 Å². The fraction of sp³-hybridized carbons (Fsp3) is 0.150. The molecule has 1 unspecified atom stereocenters. The lowest BCUT2D eigenvalue weighted by molar-refractivity contribution is -0.171. The maximum absolute atomic E-state index is 12.6. The lowest BCUT2D eigenvalue weighted by atomic mass is 9.94. The highest BCUT2D eigenvalue weighted by molar-refractivity contribution is 9.10. The number of alkyl halides is 3. The molecule has 0 heterocycles. The van der Waals surface area contributed by atoms with Gasteiger partial charge in [0.05, 0.1) is 5.92 Å². The summed E-state index contributed by atoms with van der Waals surface area (Å²) in [5.41, 5.74) is 1.27. The van der Waals surface area contributed by atoms with Crippen molar-refractivity contribution >= 4 is 21.7 Å². The van der Waals surface area contributed by atoms with Crippen LogP contribution in [0.15, 0.2) is 59.1 Å². The van der Waals surface area contributed by atoms with Crippen molar-refractivity contribution in [1.82, 2.24) is 0 Å². The maximum atomic E-state index is 12.6. The van der Waals surface area contributed by atoms with Gasteiger partial charge in [0.25, 0.3) is 0 Å². The standard InChI is InChI=1S/C20H12BrF3O/c21-18-13-7-6-12-17(18)16(14-19(25)20(22,23)24)11-5-4-10-15-8-2-1-3-9-15/h1-3,6-9,12-13,16H,14H2. The summed E-state index contributed by atoms with van der Waals surface area (Å²) in [5, 5.41) is 0. The van der Waals surface area contributed by atoms with Crippen LogP contribution < -0.4 is 0 Å². The van der Waals surface area contributed by atoms with E-state index >= 15 is 0 Å². The molecule has 0 fully saturated rings. The van der Waals surface area contributed by atoms with Crippen LogP contribution in [0.4, 0.5) is 13.2 Å². The summed E-state index contributed by atoms with van der Waals surface area (Å²) in [6.07, 6.45) is -5.62. The zero-order valence-electron chi connectivity index (χ0n) is 12.9. The van der Waals surface area contributed by atoms with Crippen molar-refractivity contribution in [2.45, 2.75) is 18.5 Å². The summed E-state index contributed by atoms with van der Waals surface area (Å²) in [7, 11) is 0. The number of hydrogen-bond donors (Lipinski definition) is 0. The van der Waals surface area contributed by atoms with E-state index in [9.17, 15) is 18.0 Å². The second kappa shape index (κ2) is 8.55. The summed E-state index contributed by atoms with van der Waals surface area (Å²) in [5.74, 6) is 7.96. The zero-order valence-corrected chi connectivity index (χ0v) is 14.5. The Bertz CT molecular complexity index is 865. The van der Waals surface area contributed by atoms with Crippen LogP contribution in [0, 0.1) is 23.7 Å². The Balaban J connectivity index is 2.27. The molecular weight excluding hydrogens is 393 g/mol. The summed E-state index contributed by atoms with van der Waals surface area (Å²) in [6.45, 7) is 0. The molecule has 2 rings (SSSR count). The average Bonchev–Trinajstić information content (AvgIpc) is 2.58. The van der Waals surface area contributed by atoms with Crippen molar-refractivity contribution in [2.24, 2.45) is 0 Å². The van der Waals surface area contributed by atoms with Crippen molar-refractivity contribution in [3.63, 3.8) is 0 Å². The number of Topliss-reactive ketones (excluding diaryl/α,β-unsaturated/α-hetero) is 1. The van der Waals surface area contributed by atoms with E-state index in [0.29, 0.717) is 10.0 Å². The van der Waals surface area contributed by atoms with E-state index in [4.69, 9.17) is 0 Å². The summed E-state index contributed by atoms with van der Waals surface area (Å²) in [4.78, 5) is 11.4. The third-order valence-electron chi connectivity index (χ3n) is 3.28. The molecule has 0 spiro atoms. The Morgan fingerprint density at radius 2 is 1.64 bits per heavy atom. The molecule has 0 saturated carbocycles. The van der Waals surface area contributed by atoms with Gasteiger partial charge in [0.2, 0.25) is 5.78 Å². The molecule has 126 valence electrons. The highest BCUT2D eigenvalue weighted by Crippen LogP contribution is 2.30. The molecule has 0 aromatic heterocycles. The molecule has 0 bridgehead atoms. The molecular formula is C20H12BrF3O. The van der Waals surface area contributed by atoms with Crippen LogP contribution in [0.5, 0.6) is 0 Å². The first-order chi connectivity index (χ1) is 11.9. The van der Waals surface area contributed by atoms with Crippen LogP contribution in [-0.4, -0.2) is 12.0 Å². The molecule has 25 heavy (non-hydrogen) atoms. The van der Waals surface area contributed by atoms with Crippen LogP contribution >= 0.6 is 15.9 Å². The van der Waals surface area contributed by atoms with Gasteiger partial charge in [-0.05, 0) is 35.6 Å². The number of benzene rings is 2. The smallest absolute Gasteiger partial charge is 0.290 e. The molecule has 0 aliphatic carbocycles. The van der Waals surface area contributed by atoms with Crippen molar-refractivity contribution in [3.05, 3.63) is 70.2 Å². The Morgan fingerprint density at radius 3 is 2.28 bits per heavy atom. The molecule has 0 radical (unpaired) electrons. The number of carbonyl (C=O) groups is 1. The van der Waals surface area contributed by atoms with Gasteiger partial charge in [-0.25, -0.2) is 0 Å². The molecule has 0 saturated heterocycles. The lowest BCUT2D eigenvalue weighted by Gasteiger charge is -2.13. The van der Waals surface area contributed by atoms with Crippen molar-refractivity contribution in [2.75, 3.05) is 0 Å². The second-order valence-electron chi connectivity index (χ2n) is 5.08. The van der Waals surface area contributed by atoms with Gasteiger partial charge in [-0.2, -0.15) is 13.2 Å². The molecule has 2 aromatic carbocycles. The molecule has 0 aliphatic heterocycles. The normalized spacial score (nSPS) is 11.5. The second-order valence-corrected chi connectivity index (χ2v) is 5.94. The summed E-state index contributed by atoms with van der Waals surface area (Å²) < 4.78 is 38.4. The number of hydrogen-bond acceptors (Lipinski definition) is 1. The van der Waals surface area contributed by atoms with Gasteiger partial charge in [0.15, 0.2) is 0 Å². The maximum Gasteiger partial charge on any atom is 0.450 e. The average molecular weight is 405 g/mol. The topological polar surface area (TPSA) is 17.1 Å². The van der Waals surface area contributed by atoms with Gasteiger partial charge < -0.3 is 0 Å². The van der Waals surface area contributed by atoms with Crippen LogP contribution in [0.3, 0.4) is 0 Å². The minimum Gasteiger partial charge on any atom is -0.290 e. The predicted molar refractivity (Wildman–Crippen MR) is 93.7 cm³/mol. The van der Waals surface area contributed by atoms with Crippen LogP contribution in [0.25, 0.3) is 0 Å². The van der Waals surface area contributed by atoms with Gasteiger partial charge in [-0.15, -0.1) is 0 Å².